The van der Waals surface area contributed by atoms with E-state index in [0.29, 0.717) is 17.1 Å². The minimum atomic E-state index is -1.21. The number of hydrogen-bond acceptors (Lipinski definition) is 7. The molecule has 3 aliphatic heterocycles. The summed E-state index contributed by atoms with van der Waals surface area (Å²) in [5.74, 6) is -0.311. The number of benzene rings is 1. The standard InChI is InChI=1S/C19H16N4O4.ClH/c1-10-19(14-8-25-22-16(14)26-19)27-17(24)23(10)15-5-3-2-4-11(15)18(9-20)12-6-21-7-13(12)18;/h2-5,8,10,12-13,21H,6-7H2,1H3;1H/t10-,12+,13?,18-,19-;/m0./s1. The highest BCUT2D eigenvalue weighted by atomic mass is 35.5. The monoisotopic (exact) mass is 400 g/mol. The normalized spacial score (nSPS) is 36.5. The molecule has 144 valence electrons. The Labute approximate surface area is 166 Å². The Morgan fingerprint density at radius 2 is 2.00 bits per heavy atom. The largest absolute Gasteiger partial charge is 0.425 e. The summed E-state index contributed by atoms with van der Waals surface area (Å²) < 4.78 is 16.3. The summed E-state index contributed by atoms with van der Waals surface area (Å²) in [7, 11) is 0. The van der Waals surface area contributed by atoms with Gasteiger partial charge in [0.05, 0.1) is 17.2 Å². The average Bonchev–Trinajstić information content (AvgIpc) is 3.07. The zero-order valence-electron chi connectivity index (χ0n) is 14.9. The lowest BCUT2D eigenvalue weighted by atomic mass is 9.89. The molecule has 5 atom stereocenters. The maximum atomic E-state index is 12.8. The number of ether oxygens (including phenoxy) is 2. The van der Waals surface area contributed by atoms with Crippen molar-refractivity contribution in [2.45, 2.75) is 24.2 Å². The molecule has 1 aromatic carbocycles. The van der Waals surface area contributed by atoms with E-state index >= 15 is 0 Å². The first-order chi connectivity index (χ1) is 13.1. The number of rotatable bonds is 2. The van der Waals surface area contributed by atoms with Crippen molar-refractivity contribution in [2.75, 3.05) is 18.0 Å². The molecule has 6 rings (SSSR count). The van der Waals surface area contributed by atoms with Gasteiger partial charge in [0.1, 0.15) is 17.9 Å². The fourth-order valence-electron chi connectivity index (χ4n) is 5.17. The lowest BCUT2D eigenvalue weighted by Gasteiger charge is -2.37. The van der Waals surface area contributed by atoms with Crippen molar-refractivity contribution >= 4 is 24.2 Å². The Hall–Kier alpha value is -2.76. The van der Waals surface area contributed by atoms with Crippen LogP contribution in [-0.2, 0) is 15.9 Å². The topological polar surface area (TPSA) is 101 Å². The molecule has 8 nitrogen and oxygen atoms in total. The third-order valence-corrected chi connectivity index (χ3v) is 6.60. The van der Waals surface area contributed by atoms with Gasteiger partial charge < -0.3 is 19.3 Å². The van der Waals surface area contributed by atoms with Crippen molar-refractivity contribution in [2.24, 2.45) is 11.8 Å². The molecule has 4 heterocycles. The summed E-state index contributed by atoms with van der Waals surface area (Å²) in [6.45, 7) is 3.51. The maximum Gasteiger partial charge on any atom is 0.418 e. The quantitative estimate of drug-likeness (QED) is 0.825. The number of para-hydroxylation sites is 1. The zero-order chi connectivity index (χ0) is 18.4. The van der Waals surface area contributed by atoms with Crippen LogP contribution in [0.2, 0.25) is 0 Å². The van der Waals surface area contributed by atoms with Gasteiger partial charge in [0.15, 0.2) is 0 Å². The van der Waals surface area contributed by atoms with Crippen LogP contribution in [0.3, 0.4) is 0 Å². The van der Waals surface area contributed by atoms with Gasteiger partial charge in [-0.05, 0) is 23.7 Å². The van der Waals surface area contributed by atoms with Crippen LogP contribution in [0.5, 0.6) is 5.88 Å². The molecule has 0 bridgehead atoms. The van der Waals surface area contributed by atoms with Crippen LogP contribution < -0.4 is 15.0 Å². The number of anilines is 1. The number of amides is 1. The van der Waals surface area contributed by atoms with Crippen molar-refractivity contribution in [1.82, 2.24) is 10.5 Å². The highest BCUT2D eigenvalue weighted by Gasteiger charge is 2.70. The van der Waals surface area contributed by atoms with E-state index in [1.807, 2.05) is 31.2 Å². The molecule has 1 amide bonds. The van der Waals surface area contributed by atoms with Crippen molar-refractivity contribution < 1.29 is 18.8 Å². The molecule has 2 saturated heterocycles. The number of nitrogens with zero attached hydrogens (tertiary/aromatic N) is 3. The third-order valence-electron chi connectivity index (χ3n) is 6.60. The van der Waals surface area contributed by atoms with E-state index in [1.54, 1.807) is 4.90 Å². The van der Waals surface area contributed by atoms with Crippen molar-refractivity contribution in [1.29, 1.82) is 5.26 Å². The van der Waals surface area contributed by atoms with Gasteiger partial charge in [0.2, 0.25) is 0 Å². The van der Waals surface area contributed by atoms with Gasteiger partial charge in [-0.15, -0.1) is 12.4 Å². The van der Waals surface area contributed by atoms with Gasteiger partial charge in [0, 0.05) is 24.9 Å². The van der Waals surface area contributed by atoms with Crippen molar-refractivity contribution in [3.05, 3.63) is 41.7 Å². The number of nitriles is 1. The van der Waals surface area contributed by atoms with Crippen LogP contribution in [0, 0.1) is 23.2 Å². The van der Waals surface area contributed by atoms with E-state index in [0.717, 1.165) is 18.7 Å². The van der Waals surface area contributed by atoms with Crippen LogP contribution in [0.4, 0.5) is 10.5 Å². The molecule has 0 radical (unpaired) electrons. The number of aromatic nitrogens is 1. The molecule has 1 aromatic heterocycles. The fourth-order valence-corrected chi connectivity index (χ4v) is 5.17. The van der Waals surface area contributed by atoms with E-state index in [2.05, 4.69) is 16.5 Å². The van der Waals surface area contributed by atoms with E-state index in [4.69, 9.17) is 14.0 Å². The first-order valence-corrected chi connectivity index (χ1v) is 9.01. The number of carbonyl (C=O) groups excluding carboxylic acids is 1. The summed E-state index contributed by atoms with van der Waals surface area (Å²) in [6.07, 6.45) is 0.949. The first-order valence-electron chi connectivity index (χ1n) is 9.01. The molecule has 3 fully saturated rings. The van der Waals surface area contributed by atoms with E-state index in [-0.39, 0.29) is 24.2 Å². The highest BCUT2D eigenvalue weighted by molar-refractivity contribution is 5.93. The number of halogens is 1. The number of hydrogen-bond donors (Lipinski definition) is 1. The van der Waals surface area contributed by atoms with Gasteiger partial charge >= 0.3 is 11.9 Å². The molecule has 1 spiro atoms. The molecular formula is C19H17ClN4O4. The van der Waals surface area contributed by atoms with E-state index in [1.165, 1.54) is 6.26 Å². The molecule has 28 heavy (non-hydrogen) atoms. The summed E-state index contributed by atoms with van der Waals surface area (Å²) in [4.78, 5) is 14.4. The smallest absolute Gasteiger partial charge is 0.418 e. The first kappa shape index (κ1) is 17.3. The van der Waals surface area contributed by atoms with Crippen LogP contribution in [0.15, 0.2) is 35.1 Å². The Morgan fingerprint density at radius 1 is 1.25 bits per heavy atom. The summed E-state index contributed by atoms with van der Waals surface area (Å²) in [5, 5.41) is 17.1. The minimum Gasteiger partial charge on any atom is -0.425 e. The average molecular weight is 401 g/mol. The van der Waals surface area contributed by atoms with Crippen LogP contribution >= 0.6 is 12.4 Å². The van der Waals surface area contributed by atoms with Crippen LogP contribution in [-0.4, -0.2) is 30.4 Å². The number of fused-ring (bicyclic) bond motifs is 3. The summed E-state index contributed by atoms with van der Waals surface area (Å²) >= 11 is 0. The Kier molecular flexibility index (Phi) is 3.35. The highest BCUT2D eigenvalue weighted by Crippen LogP contribution is 2.63. The molecule has 4 aliphatic rings. The molecule has 9 heteroatoms. The van der Waals surface area contributed by atoms with Gasteiger partial charge in [-0.3, -0.25) is 4.90 Å². The summed E-state index contributed by atoms with van der Waals surface area (Å²) in [5.41, 5.74) is 1.66. The number of nitrogens with one attached hydrogen (secondary N) is 1. The molecular weight excluding hydrogens is 384 g/mol. The molecule has 1 N–H and O–H groups in total. The molecule has 1 saturated carbocycles. The van der Waals surface area contributed by atoms with E-state index < -0.39 is 23.3 Å². The van der Waals surface area contributed by atoms with Crippen molar-refractivity contribution in [3.63, 3.8) is 0 Å². The summed E-state index contributed by atoms with van der Waals surface area (Å²) in [6, 6.07) is 9.74. The van der Waals surface area contributed by atoms with Crippen LogP contribution in [0.1, 0.15) is 18.1 Å². The molecule has 1 aliphatic carbocycles. The van der Waals surface area contributed by atoms with Gasteiger partial charge in [-0.2, -0.15) is 5.26 Å². The van der Waals surface area contributed by atoms with Crippen LogP contribution in [0.25, 0.3) is 0 Å². The lowest BCUT2D eigenvalue weighted by molar-refractivity contribution is -0.170. The Balaban J connectivity index is 0.00000171. The second-order valence-electron chi connectivity index (χ2n) is 7.59. The van der Waals surface area contributed by atoms with E-state index in [9.17, 15) is 10.1 Å². The number of piperidine rings is 1. The fraction of sp³-hybridized carbons (Fsp3) is 0.421. The third kappa shape index (κ3) is 1.74. The maximum absolute atomic E-state index is 12.8. The number of carbonyl (C=O) groups is 1. The second-order valence-corrected chi connectivity index (χ2v) is 7.59. The Morgan fingerprint density at radius 3 is 2.71 bits per heavy atom. The predicted octanol–water partition coefficient (Wildman–Crippen LogP) is 2.30. The minimum absolute atomic E-state index is 0. The van der Waals surface area contributed by atoms with Gasteiger partial charge in [-0.25, -0.2) is 4.79 Å². The zero-order valence-corrected chi connectivity index (χ0v) is 15.7. The molecule has 2 aromatic rings. The second kappa shape index (κ2) is 5.40. The lowest BCUT2D eigenvalue weighted by Crippen LogP contribution is -2.51. The van der Waals surface area contributed by atoms with Gasteiger partial charge in [-0.1, -0.05) is 18.2 Å². The van der Waals surface area contributed by atoms with Crippen molar-refractivity contribution in [3.8, 4) is 11.9 Å². The predicted molar refractivity (Wildman–Crippen MR) is 98.1 cm³/mol. The SMILES string of the molecule is C[C@@H]1N(c2ccccc2[C@]2(C#N)C3CNC[C@H]32)C(=O)O[C@@]12Oc1nocc12.Cl. The van der Waals surface area contributed by atoms with Gasteiger partial charge in [0.25, 0.3) is 5.88 Å². The molecule has 1 unspecified atom stereocenters. The Bertz CT molecular complexity index is 1020.